The van der Waals surface area contributed by atoms with Gasteiger partial charge in [-0.25, -0.2) is 4.98 Å². The van der Waals surface area contributed by atoms with Crippen LogP contribution < -0.4 is 0 Å². The summed E-state index contributed by atoms with van der Waals surface area (Å²) in [7, 11) is 2.03. The number of hydrogen-bond donors (Lipinski definition) is 0. The molecule has 0 saturated carbocycles. The summed E-state index contributed by atoms with van der Waals surface area (Å²) in [5, 5.41) is 2.56. The molecule has 0 fully saturated rings. The molecule has 24 heavy (non-hydrogen) atoms. The molecule has 2 heterocycles. The fourth-order valence-electron chi connectivity index (χ4n) is 2.86. The van der Waals surface area contributed by atoms with Gasteiger partial charge in [0.25, 0.3) is 0 Å². The normalized spacial score (nSPS) is 11.6. The number of nitrogens with zero attached hydrogens (tertiary/aromatic N) is 2. The van der Waals surface area contributed by atoms with Crippen LogP contribution in [0.5, 0.6) is 0 Å². The van der Waals surface area contributed by atoms with E-state index in [-0.39, 0.29) is 0 Å². The van der Waals surface area contributed by atoms with E-state index in [1.54, 1.807) is 6.20 Å². The Morgan fingerprint density at radius 1 is 1.08 bits per heavy atom. The molecule has 3 aromatic rings. The molecule has 2 aromatic heterocycles. The summed E-state index contributed by atoms with van der Waals surface area (Å²) in [6.45, 7) is 0. The zero-order chi connectivity index (χ0) is 16.9. The van der Waals surface area contributed by atoms with Crippen molar-refractivity contribution in [1.82, 2.24) is 9.55 Å². The van der Waals surface area contributed by atoms with E-state index in [9.17, 15) is 0 Å². The van der Waals surface area contributed by atoms with E-state index < -0.39 is 0 Å². The summed E-state index contributed by atoms with van der Waals surface area (Å²) in [6.07, 6.45) is 10.5. The van der Waals surface area contributed by atoms with Gasteiger partial charge in [0.1, 0.15) is 5.65 Å². The summed E-state index contributed by atoms with van der Waals surface area (Å²) >= 11 is 12.0. The predicted octanol–water partition coefficient (Wildman–Crippen LogP) is 6.31. The third-order valence-electron chi connectivity index (χ3n) is 4.13. The highest BCUT2D eigenvalue weighted by atomic mass is 35.5. The van der Waals surface area contributed by atoms with Crippen LogP contribution in [0.15, 0.2) is 48.7 Å². The highest BCUT2D eigenvalue weighted by Crippen LogP contribution is 2.21. The minimum absolute atomic E-state index is 0.671. The number of halogens is 2. The average Bonchev–Trinajstić information content (AvgIpc) is 2.86. The van der Waals surface area contributed by atoms with Crippen molar-refractivity contribution in [1.29, 1.82) is 0 Å². The molecule has 4 heteroatoms. The molecule has 0 aliphatic rings. The van der Waals surface area contributed by atoms with Crippen LogP contribution in [-0.2, 0) is 13.5 Å². The van der Waals surface area contributed by atoms with Gasteiger partial charge in [-0.15, -0.1) is 0 Å². The number of unbranched alkanes of at least 4 members (excludes halogenated alkanes) is 2. The Balaban J connectivity index is 1.52. The number of aryl methyl sites for hydroxylation is 2. The Labute approximate surface area is 152 Å². The van der Waals surface area contributed by atoms with Crippen molar-refractivity contribution in [3.05, 3.63) is 70.0 Å². The molecular formula is C20H20Cl2N2. The lowest BCUT2D eigenvalue weighted by Gasteiger charge is -2.01. The molecule has 0 atom stereocenters. The molecule has 0 aliphatic carbocycles. The van der Waals surface area contributed by atoms with E-state index in [0.717, 1.165) is 47.4 Å². The minimum Gasteiger partial charge on any atom is -0.329 e. The Bertz CT molecular complexity index is 865. The highest BCUT2D eigenvalue weighted by Gasteiger charge is 2.04. The fourth-order valence-corrected chi connectivity index (χ4v) is 3.24. The monoisotopic (exact) mass is 358 g/mol. The Morgan fingerprint density at radius 2 is 1.96 bits per heavy atom. The Morgan fingerprint density at radius 3 is 2.79 bits per heavy atom. The van der Waals surface area contributed by atoms with E-state index in [0.29, 0.717) is 5.02 Å². The molecular weight excluding hydrogens is 339 g/mol. The van der Waals surface area contributed by atoms with Crippen molar-refractivity contribution in [2.24, 2.45) is 7.05 Å². The van der Waals surface area contributed by atoms with Gasteiger partial charge < -0.3 is 4.57 Å². The predicted molar refractivity (Wildman–Crippen MR) is 104 cm³/mol. The molecule has 1 aromatic carbocycles. The summed E-state index contributed by atoms with van der Waals surface area (Å²) in [5.74, 6) is 0. The van der Waals surface area contributed by atoms with Crippen LogP contribution in [0, 0.1) is 0 Å². The lowest BCUT2D eigenvalue weighted by Crippen LogP contribution is -1.91. The summed E-state index contributed by atoms with van der Waals surface area (Å²) in [6, 6.07) is 12.2. The Kier molecular flexibility index (Phi) is 5.60. The van der Waals surface area contributed by atoms with Crippen LogP contribution in [0.4, 0.5) is 0 Å². The summed E-state index contributed by atoms with van der Waals surface area (Å²) < 4.78 is 2.09. The van der Waals surface area contributed by atoms with Crippen molar-refractivity contribution in [3.63, 3.8) is 0 Å². The maximum atomic E-state index is 6.01. The highest BCUT2D eigenvalue weighted by molar-refractivity contribution is 6.31. The van der Waals surface area contributed by atoms with Crippen LogP contribution in [0.2, 0.25) is 10.0 Å². The first-order valence-corrected chi connectivity index (χ1v) is 8.91. The molecule has 2 nitrogen and oxygen atoms in total. The zero-order valence-corrected chi connectivity index (χ0v) is 15.2. The molecule has 0 unspecified atom stereocenters. The molecule has 0 radical (unpaired) electrons. The van der Waals surface area contributed by atoms with Gasteiger partial charge in [-0.2, -0.15) is 0 Å². The maximum absolute atomic E-state index is 6.01. The lowest BCUT2D eigenvalue weighted by atomic mass is 10.1. The van der Waals surface area contributed by atoms with Gasteiger partial charge >= 0.3 is 0 Å². The number of hydrogen-bond acceptors (Lipinski definition) is 1. The van der Waals surface area contributed by atoms with Gasteiger partial charge in [0.2, 0.25) is 0 Å². The van der Waals surface area contributed by atoms with Crippen molar-refractivity contribution in [3.8, 4) is 0 Å². The van der Waals surface area contributed by atoms with E-state index in [1.807, 2.05) is 31.3 Å². The van der Waals surface area contributed by atoms with Crippen LogP contribution in [-0.4, -0.2) is 9.55 Å². The number of fused-ring (bicyclic) bond motifs is 1. The standard InChI is InChI=1S/C20H20Cl2N2/c1-24-19(13-16-12-18(22)14-23-20(16)24)10-5-3-2-4-7-15-8-6-9-17(21)11-15/h5-6,8-14H,2-4,7H2,1H3/b10-5+. The van der Waals surface area contributed by atoms with Crippen LogP contribution in [0.3, 0.4) is 0 Å². The first-order valence-electron chi connectivity index (χ1n) is 8.15. The smallest absolute Gasteiger partial charge is 0.140 e. The number of rotatable bonds is 6. The van der Waals surface area contributed by atoms with E-state index in [4.69, 9.17) is 23.2 Å². The summed E-state index contributed by atoms with van der Waals surface area (Å²) in [4.78, 5) is 4.39. The van der Waals surface area contributed by atoms with Gasteiger partial charge in [0.05, 0.1) is 5.02 Å². The minimum atomic E-state index is 0.671. The molecule has 0 spiro atoms. The second-order valence-electron chi connectivity index (χ2n) is 5.97. The van der Waals surface area contributed by atoms with Crippen molar-refractivity contribution in [2.45, 2.75) is 25.7 Å². The molecule has 0 amide bonds. The third kappa shape index (κ3) is 4.19. The number of benzene rings is 1. The van der Waals surface area contributed by atoms with Crippen molar-refractivity contribution >= 4 is 40.3 Å². The zero-order valence-electron chi connectivity index (χ0n) is 13.7. The van der Waals surface area contributed by atoms with Gasteiger partial charge in [-0.3, -0.25) is 0 Å². The largest absolute Gasteiger partial charge is 0.329 e. The van der Waals surface area contributed by atoms with Gasteiger partial charge in [-0.05, 0) is 61.6 Å². The lowest BCUT2D eigenvalue weighted by molar-refractivity contribution is 0.748. The number of pyridine rings is 1. The van der Waals surface area contributed by atoms with E-state index in [2.05, 4.69) is 33.8 Å². The molecule has 3 rings (SSSR count). The third-order valence-corrected chi connectivity index (χ3v) is 4.58. The summed E-state index contributed by atoms with van der Waals surface area (Å²) in [5.41, 5.74) is 3.41. The van der Waals surface area contributed by atoms with E-state index in [1.165, 1.54) is 5.56 Å². The molecule has 124 valence electrons. The molecule has 0 N–H and O–H groups in total. The number of allylic oxidation sites excluding steroid dienone is 1. The van der Waals surface area contributed by atoms with Crippen LogP contribution in [0.25, 0.3) is 17.1 Å². The fraction of sp³-hybridized carbons (Fsp3) is 0.250. The quantitative estimate of drug-likeness (QED) is 0.472. The molecule has 0 saturated heterocycles. The van der Waals surface area contributed by atoms with Gasteiger partial charge in [0, 0.05) is 29.3 Å². The van der Waals surface area contributed by atoms with Crippen molar-refractivity contribution in [2.75, 3.05) is 0 Å². The molecule has 0 aliphatic heterocycles. The van der Waals surface area contributed by atoms with Crippen LogP contribution in [0.1, 0.15) is 30.5 Å². The average molecular weight is 359 g/mol. The first-order chi connectivity index (χ1) is 11.6. The SMILES string of the molecule is Cn1c(/C=C/CCCCc2cccc(Cl)c2)cc2cc(Cl)cnc21. The maximum Gasteiger partial charge on any atom is 0.140 e. The number of aromatic nitrogens is 2. The Hall–Kier alpha value is -1.77. The van der Waals surface area contributed by atoms with E-state index >= 15 is 0 Å². The van der Waals surface area contributed by atoms with Crippen LogP contribution >= 0.6 is 23.2 Å². The second-order valence-corrected chi connectivity index (χ2v) is 6.85. The second kappa shape index (κ2) is 7.87. The van der Waals surface area contributed by atoms with Gasteiger partial charge in [0.15, 0.2) is 0 Å². The van der Waals surface area contributed by atoms with Gasteiger partial charge in [-0.1, -0.05) is 41.4 Å². The topological polar surface area (TPSA) is 17.8 Å². The van der Waals surface area contributed by atoms with Crippen molar-refractivity contribution < 1.29 is 0 Å². The molecule has 0 bridgehead atoms. The first kappa shape index (κ1) is 17.1.